The van der Waals surface area contributed by atoms with Crippen molar-refractivity contribution >= 4 is 11.6 Å². The van der Waals surface area contributed by atoms with Gasteiger partial charge in [0, 0.05) is 6.20 Å². The van der Waals surface area contributed by atoms with Crippen LogP contribution in [0.1, 0.15) is 5.69 Å². The van der Waals surface area contributed by atoms with E-state index in [4.69, 9.17) is 16.3 Å². The Morgan fingerprint density at radius 2 is 2.18 bits per heavy atom. The minimum absolute atomic E-state index is 0.138. The molecular formula is C12H10ClFN2O. The Hall–Kier alpha value is -1.68. The van der Waals surface area contributed by atoms with Gasteiger partial charge in [-0.3, -0.25) is 0 Å². The van der Waals surface area contributed by atoms with Gasteiger partial charge in [0.05, 0.1) is 24.2 Å². The van der Waals surface area contributed by atoms with E-state index >= 15 is 0 Å². The summed E-state index contributed by atoms with van der Waals surface area (Å²) < 4.78 is 18.5. The number of aromatic nitrogens is 2. The van der Waals surface area contributed by atoms with E-state index < -0.39 is 5.82 Å². The second kappa shape index (κ2) is 5.10. The molecule has 0 aliphatic rings. The minimum atomic E-state index is -0.440. The summed E-state index contributed by atoms with van der Waals surface area (Å²) in [5.41, 5.74) is 1.20. The molecule has 3 nitrogen and oxygen atoms in total. The Bertz CT molecular complexity index is 534. The number of para-hydroxylation sites is 1. The van der Waals surface area contributed by atoms with Gasteiger partial charge in [0.1, 0.15) is 0 Å². The van der Waals surface area contributed by atoms with Crippen molar-refractivity contribution in [2.24, 2.45) is 0 Å². The van der Waals surface area contributed by atoms with Crippen LogP contribution in [0.2, 0.25) is 0 Å². The highest BCUT2D eigenvalue weighted by Crippen LogP contribution is 2.29. The van der Waals surface area contributed by atoms with Gasteiger partial charge in [0.2, 0.25) is 0 Å². The van der Waals surface area contributed by atoms with E-state index in [1.54, 1.807) is 24.4 Å². The zero-order chi connectivity index (χ0) is 12.3. The number of rotatable bonds is 3. The van der Waals surface area contributed by atoms with Gasteiger partial charge in [-0.2, -0.15) is 0 Å². The third kappa shape index (κ3) is 2.36. The number of hydrogen-bond acceptors (Lipinski definition) is 3. The van der Waals surface area contributed by atoms with Crippen molar-refractivity contribution in [3.63, 3.8) is 0 Å². The zero-order valence-corrected chi connectivity index (χ0v) is 9.91. The Labute approximate surface area is 103 Å². The molecule has 1 aromatic heterocycles. The molecule has 0 saturated heterocycles. The second-order valence-corrected chi connectivity index (χ2v) is 3.59. The van der Waals surface area contributed by atoms with Gasteiger partial charge in [0.25, 0.3) is 0 Å². The largest absolute Gasteiger partial charge is 0.493 e. The second-order valence-electron chi connectivity index (χ2n) is 3.33. The van der Waals surface area contributed by atoms with Crippen LogP contribution in [0.15, 0.2) is 30.5 Å². The first-order valence-corrected chi connectivity index (χ1v) is 5.50. The van der Waals surface area contributed by atoms with E-state index in [0.29, 0.717) is 17.1 Å². The van der Waals surface area contributed by atoms with E-state index in [0.717, 1.165) is 0 Å². The summed E-state index contributed by atoms with van der Waals surface area (Å²) in [5, 5.41) is 0. The number of nitrogens with zero attached hydrogens (tertiary/aromatic N) is 2. The summed E-state index contributed by atoms with van der Waals surface area (Å²) in [4.78, 5) is 8.31. The van der Waals surface area contributed by atoms with E-state index in [1.807, 2.05) is 0 Å². The number of methoxy groups -OCH3 is 1. The molecule has 0 unspecified atom stereocenters. The Morgan fingerprint density at radius 1 is 1.35 bits per heavy atom. The van der Waals surface area contributed by atoms with E-state index in [9.17, 15) is 4.39 Å². The monoisotopic (exact) mass is 252 g/mol. The third-order valence-electron chi connectivity index (χ3n) is 2.26. The molecule has 88 valence electrons. The molecule has 0 spiro atoms. The molecule has 17 heavy (non-hydrogen) atoms. The van der Waals surface area contributed by atoms with E-state index in [-0.39, 0.29) is 11.6 Å². The van der Waals surface area contributed by atoms with Crippen molar-refractivity contribution in [1.82, 2.24) is 9.97 Å². The van der Waals surface area contributed by atoms with Crippen molar-refractivity contribution < 1.29 is 9.13 Å². The SMILES string of the molecule is COc1c(F)cccc1-c1nccc(CCl)n1. The minimum Gasteiger partial charge on any atom is -0.493 e. The summed E-state index contributed by atoms with van der Waals surface area (Å²) in [6.07, 6.45) is 1.59. The van der Waals surface area contributed by atoms with Crippen LogP contribution in [-0.2, 0) is 5.88 Å². The smallest absolute Gasteiger partial charge is 0.165 e. The van der Waals surface area contributed by atoms with Crippen LogP contribution in [0, 0.1) is 5.82 Å². The van der Waals surface area contributed by atoms with E-state index in [2.05, 4.69) is 9.97 Å². The molecule has 0 aliphatic heterocycles. The van der Waals surface area contributed by atoms with Crippen LogP contribution < -0.4 is 4.74 Å². The number of halogens is 2. The predicted molar refractivity (Wildman–Crippen MR) is 63.5 cm³/mol. The molecule has 0 amide bonds. The summed E-state index contributed by atoms with van der Waals surface area (Å²) in [7, 11) is 1.41. The maximum atomic E-state index is 13.5. The third-order valence-corrected chi connectivity index (χ3v) is 2.54. The topological polar surface area (TPSA) is 35.0 Å². The molecule has 0 aliphatic carbocycles. The van der Waals surface area contributed by atoms with Crippen LogP contribution in [0.5, 0.6) is 5.75 Å². The quantitative estimate of drug-likeness (QED) is 0.788. The summed E-state index contributed by atoms with van der Waals surface area (Å²) in [6.45, 7) is 0. The lowest BCUT2D eigenvalue weighted by Crippen LogP contribution is -1.97. The highest BCUT2D eigenvalue weighted by Gasteiger charge is 2.12. The summed E-state index contributed by atoms with van der Waals surface area (Å²) in [5.74, 6) is 0.385. The van der Waals surface area contributed by atoms with Crippen molar-refractivity contribution in [3.8, 4) is 17.1 Å². The highest BCUT2D eigenvalue weighted by molar-refractivity contribution is 6.16. The van der Waals surface area contributed by atoms with Crippen LogP contribution in [0.4, 0.5) is 4.39 Å². The number of benzene rings is 1. The fraction of sp³-hybridized carbons (Fsp3) is 0.167. The molecule has 0 bridgehead atoms. The highest BCUT2D eigenvalue weighted by atomic mass is 35.5. The lowest BCUT2D eigenvalue weighted by molar-refractivity contribution is 0.388. The first kappa shape index (κ1) is 11.8. The molecule has 1 aromatic carbocycles. The fourth-order valence-electron chi connectivity index (χ4n) is 1.49. The number of hydrogen-bond donors (Lipinski definition) is 0. The van der Waals surface area contributed by atoms with Crippen LogP contribution >= 0.6 is 11.6 Å². The van der Waals surface area contributed by atoms with Crippen molar-refractivity contribution in [2.45, 2.75) is 5.88 Å². The van der Waals surface area contributed by atoms with Gasteiger partial charge in [-0.25, -0.2) is 14.4 Å². The first-order valence-electron chi connectivity index (χ1n) is 4.97. The lowest BCUT2D eigenvalue weighted by atomic mass is 10.1. The fourth-order valence-corrected chi connectivity index (χ4v) is 1.64. The van der Waals surface area contributed by atoms with Gasteiger partial charge >= 0.3 is 0 Å². The van der Waals surface area contributed by atoms with Gasteiger partial charge in [-0.1, -0.05) is 6.07 Å². The molecule has 0 fully saturated rings. The van der Waals surface area contributed by atoms with Crippen LogP contribution in [0.3, 0.4) is 0 Å². The average Bonchev–Trinajstić information content (AvgIpc) is 2.38. The zero-order valence-electron chi connectivity index (χ0n) is 9.15. The molecule has 0 radical (unpaired) electrons. The average molecular weight is 253 g/mol. The van der Waals surface area contributed by atoms with Crippen molar-refractivity contribution in [2.75, 3.05) is 7.11 Å². The van der Waals surface area contributed by atoms with Gasteiger partial charge in [-0.15, -0.1) is 11.6 Å². The standard InChI is InChI=1S/C12H10ClFN2O/c1-17-11-9(3-2-4-10(11)14)12-15-6-5-8(7-13)16-12/h2-6H,7H2,1H3. The van der Waals surface area contributed by atoms with Crippen LogP contribution in [0.25, 0.3) is 11.4 Å². The van der Waals surface area contributed by atoms with Gasteiger partial charge < -0.3 is 4.74 Å². The summed E-state index contributed by atoms with van der Waals surface area (Å²) >= 11 is 5.70. The van der Waals surface area contributed by atoms with E-state index in [1.165, 1.54) is 13.2 Å². The first-order chi connectivity index (χ1) is 8.26. The molecule has 1 heterocycles. The molecule has 0 N–H and O–H groups in total. The van der Waals surface area contributed by atoms with Crippen LogP contribution in [-0.4, -0.2) is 17.1 Å². The Balaban J connectivity index is 2.55. The molecule has 2 rings (SSSR count). The molecule has 2 aromatic rings. The predicted octanol–water partition coefficient (Wildman–Crippen LogP) is 3.03. The molecule has 0 saturated carbocycles. The molecular weight excluding hydrogens is 243 g/mol. The lowest BCUT2D eigenvalue weighted by Gasteiger charge is -2.08. The number of ether oxygens (including phenoxy) is 1. The summed E-state index contributed by atoms with van der Waals surface area (Å²) in [6, 6.07) is 6.33. The van der Waals surface area contributed by atoms with Crippen molar-refractivity contribution in [1.29, 1.82) is 0 Å². The maximum absolute atomic E-state index is 13.5. The molecule has 0 atom stereocenters. The van der Waals surface area contributed by atoms with Gasteiger partial charge in [-0.05, 0) is 18.2 Å². The van der Waals surface area contributed by atoms with Gasteiger partial charge in [0.15, 0.2) is 17.4 Å². The Morgan fingerprint density at radius 3 is 2.88 bits per heavy atom. The molecule has 5 heteroatoms. The van der Waals surface area contributed by atoms with Crippen molar-refractivity contribution in [3.05, 3.63) is 42.0 Å². The Kier molecular flexibility index (Phi) is 3.54. The number of alkyl halides is 1. The maximum Gasteiger partial charge on any atom is 0.165 e. The normalized spacial score (nSPS) is 10.3.